The van der Waals surface area contributed by atoms with Gasteiger partial charge in [0.1, 0.15) is 11.6 Å². The Labute approximate surface area is 114 Å². The molecular weight excluding hydrogens is 269 g/mol. The van der Waals surface area contributed by atoms with Gasteiger partial charge in [-0.1, -0.05) is 13.3 Å². The van der Waals surface area contributed by atoms with Crippen LogP contribution in [0.3, 0.4) is 0 Å². The lowest BCUT2D eigenvalue weighted by Gasteiger charge is -2.07. The van der Waals surface area contributed by atoms with E-state index in [-0.39, 0.29) is 11.6 Å². The minimum atomic E-state index is -3.15. The van der Waals surface area contributed by atoms with Crippen molar-refractivity contribution >= 4 is 10.0 Å². The number of nitrogens with one attached hydrogen (secondary N) is 1. The molecule has 0 radical (unpaired) electrons. The topological polar surface area (TPSA) is 55.4 Å². The molecule has 0 heterocycles. The molecule has 4 nitrogen and oxygen atoms in total. The van der Waals surface area contributed by atoms with Gasteiger partial charge >= 0.3 is 0 Å². The van der Waals surface area contributed by atoms with Crippen LogP contribution in [0.1, 0.15) is 26.2 Å². The number of unbranched alkanes of at least 4 members (excludes halogenated alkanes) is 1. The van der Waals surface area contributed by atoms with Crippen molar-refractivity contribution in [2.45, 2.75) is 26.2 Å². The molecule has 1 rings (SSSR count). The van der Waals surface area contributed by atoms with Crippen molar-refractivity contribution in [2.75, 3.05) is 18.9 Å². The van der Waals surface area contributed by atoms with Gasteiger partial charge in [0.05, 0.1) is 12.4 Å². The Morgan fingerprint density at radius 3 is 2.53 bits per heavy atom. The molecule has 1 N–H and O–H groups in total. The zero-order chi connectivity index (χ0) is 14.1. The summed E-state index contributed by atoms with van der Waals surface area (Å²) < 4.78 is 43.4. The Kier molecular flexibility index (Phi) is 6.80. The highest BCUT2D eigenvalue weighted by molar-refractivity contribution is 7.89. The molecule has 1 aromatic carbocycles. The molecule has 0 saturated carbocycles. The zero-order valence-electron chi connectivity index (χ0n) is 11.1. The predicted octanol–water partition coefficient (Wildman–Crippen LogP) is 2.31. The fourth-order valence-electron chi connectivity index (χ4n) is 1.43. The van der Waals surface area contributed by atoms with Crippen LogP contribution < -0.4 is 9.46 Å². The fraction of sp³-hybridized carbons (Fsp3) is 0.538. The van der Waals surface area contributed by atoms with Gasteiger partial charge in [-0.05, 0) is 37.1 Å². The Bertz CT molecular complexity index is 459. The summed E-state index contributed by atoms with van der Waals surface area (Å²) in [5.41, 5.74) is 0. The number of halogens is 1. The lowest BCUT2D eigenvalue weighted by atomic mass is 10.3. The highest BCUT2D eigenvalue weighted by Crippen LogP contribution is 2.10. The molecule has 0 amide bonds. The van der Waals surface area contributed by atoms with E-state index in [0.29, 0.717) is 31.7 Å². The maximum atomic E-state index is 12.6. The van der Waals surface area contributed by atoms with E-state index in [9.17, 15) is 12.8 Å². The fourth-order valence-corrected chi connectivity index (χ4v) is 2.70. The molecule has 19 heavy (non-hydrogen) atoms. The Hall–Kier alpha value is -1.14. The maximum absolute atomic E-state index is 12.6. The first kappa shape index (κ1) is 15.9. The van der Waals surface area contributed by atoms with Gasteiger partial charge in [-0.15, -0.1) is 0 Å². The van der Waals surface area contributed by atoms with Crippen molar-refractivity contribution in [3.8, 4) is 5.75 Å². The number of ether oxygens (including phenoxy) is 1. The first-order valence-electron chi connectivity index (χ1n) is 6.39. The molecule has 0 unspecified atom stereocenters. The van der Waals surface area contributed by atoms with Crippen LogP contribution >= 0.6 is 0 Å². The third-order valence-electron chi connectivity index (χ3n) is 2.49. The first-order chi connectivity index (χ1) is 9.03. The van der Waals surface area contributed by atoms with Crippen LogP contribution in [0.25, 0.3) is 0 Å². The maximum Gasteiger partial charge on any atom is 0.211 e. The van der Waals surface area contributed by atoms with Gasteiger partial charge in [-0.2, -0.15) is 0 Å². The summed E-state index contributed by atoms with van der Waals surface area (Å²) in [6.45, 7) is 2.70. The highest BCUT2D eigenvalue weighted by Gasteiger charge is 2.07. The van der Waals surface area contributed by atoms with E-state index in [1.54, 1.807) is 12.1 Å². The van der Waals surface area contributed by atoms with Crippen LogP contribution in [0.15, 0.2) is 24.3 Å². The summed E-state index contributed by atoms with van der Waals surface area (Å²) in [4.78, 5) is 0. The summed E-state index contributed by atoms with van der Waals surface area (Å²) in [5, 5.41) is 0. The van der Waals surface area contributed by atoms with E-state index in [4.69, 9.17) is 4.74 Å². The highest BCUT2D eigenvalue weighted by atomic mass is 32.2. The average Bonchev–Trinajstić information content (AvgIpc) is 2.38. The first-order valence-corrected chi connectivity index (χ1v) is 8.04. The van der Waals surface area contributed by atoms with E-state index < -0.39 is 10.0 Å². The second-order valence-corrected chi connectivity index (χ2v) is 6.15. The molecular formula is C13H20FNO3S. The van der Waals surface area contributed by atoms with Crippen molar-refractivity contribution < 1.29 is 17.5 Å². The van der Waals surface area contributed by atoms with Crippen molar-refractivity contribution in [3.05, 3.63) is 30.1 Å². The minimum Gasteiger partial charge on any atom is -0.494 e. The predicted molar refractivity (Wildman–Crippen MR) is 73.2 cm³/mol. The van der Waals surface area contributed by atoms with Gasteiger partial charge < -0.3 is 4.74 Å². The third-order valence-corrected chi connectivity index (χ3v) is 3.96. The molecule has 0 bridgehead atoms. The lowest BCUT2D eigenvalue weighted by Crippen LogP contribution is -2.28. The number of rotatable bonds is 9. The van der Waals surface area contributed by atoms with Gasteiger partial charge in [0.15, 0.2) is 0 Å². The largest absolute Gasteiger partial charge is 0.494 e. The average molecular weight is 289 g/mol. The normalized spacial score (nSPS) is 11.5. The monoisotopic (exact) mass is 289 g/mol. The molecule has 0 aliphatic rings. The van der Waals surface area contributed by atoms with Crippen LogP contribution in [-0.4, -0.2) is 27.3 Å². The summed E-state index contributed by atoms with van der Waals surface area (Å²) in [5.74, 6) is 0.439. The Morgan fingerprint density at radius 2 is 1.89 bits per heavy atom. The van der Waals surface area contributed by atoms with Crippen molar-refractivity contribution in [3.63, 3.8) is 0 Å². The summed E-state index contributed by atoms with van der Waals surface area (Å²) in [6.07, 6.45) is 2.10. The van der Waals surface area contributed by atoms with E-state index in [1.807, 2.05) is 6.92 Å². The van der Waals surface area contributed by atoms with E-state index in [0.717, 1.165) is 6.42 Å². The summed E-state index contributed by atoms with van der Waals surface area (Å²) in [7, 11) is -3.15. The van der Waals surface area contributed by atoms with Crippen LogP contribution in [0.5, 0.6) is 5.75 Å². The van der Waals surface area contributed by atoms with Gasteiger partial charge in [0.2, 0.25) is 10.0 Å². The van der Waals surface area contributed by atoms with Gasteiger partial charge in [0, 0.05) is 6.54 Å². The SMILES string of the molecule is CCCCS(=O)(=O)NCCCOc1ccc(F)cc1. The van der Waals surface area contributed by atoms with Crippen LogP contribution in [0.4, 0.5) is 4.39 Å². The Morgan fingerprint density at radius 1 is 1.21 bits per heavy atom. The zero-order valence-corrected chi connectivity index (χ0v) is 11.9. The molecule has 0 fully saturated rings. The minimum absolute atomic E-state index is 0.169. The summed E-state index contributed by atoms with van der Waals surface area (Å²) >= 11 is 0. The number of benzene rings is 1. The van der Waals surface area contributed by atoms with E-state index >= 15 is 0 Å². The van der Waals surface area contributed by atoms with Crippen LogP contribution in [-0.2, 0) is 10.0 Å². The van der Waals surface area contributed by atoms with Gasteiger partial charge in [-0.25, -0.2) is 17.5 Å². The number of sulfonamides is 1. The molecule has 6 heteroatoms. The quantitative estimate of drug-likeness (QED) is 0.710. The van der Waals surface area contributed by atoms with E-state index in [1.165, 1.54) is 12.1 Å². The molecule has 0 aliphatic carbocycles. The standard InChI is InChI=1S/C13H20FNO3S/c1-2-3-11-19(16,17)15-9-4-10-18-13-7-5-12(14)6-8-13/h5-8,15H,2-4,9-11H2,1H3. The Balaban J connectivity index is 2.16. The van der Waals surface area contributed by atoms with Crippen molar-refractivity contribution in [1.82, 2.24) is 4.72 Å². The second kappa shape index (κ2) is 8.12. The van der Waals surface area contributed by atoms with Crippen LogP contribution in [0.2, 0.25) is 0 Å². The second-order valence-electron chi connectivity index (χ2n) is 4.22. The van der Waals surface area contributed by atoms with Crippen molar-refractivity contribution in [2.24, 2.45) is 0 Å². The van der Waals surface area contributed by atoms with Gasteiger partial charge in [0.25, 0.3) is 0 Å². The molecule has 0 saturated heterocycles. The molecule has 1 aromatic rings. The lowest BCUT2D eigenvalue weighted by molar-refractivity contribution is 0.311. The molecule has 0 atom stereocenters. The van der Waals surface area contributed by atoms with Crippen LogP contribution in [0, 0.1) is 5.82 Å². The molecule has 0 aromatic heterocycles. The number of hydrogen-bond acceptors (Lipinski definition) is 3. The molecule has 0 spiro atoms. The smallest absolute Gasteiger partial charge is 0.211 e. The molecule has 0 aliphatic heterocycles. The molecule has 108 valence electrons. The number of hydrogen-bond donors (Lipinski definition) is 1. The van der Waals surface area contributed by atoms with Gasteiger partial charge in [-0.3, -0.25) is 0 Å². The third kappa shape index (κ3) is 7.12. The van der Waals surface area contributed by atoms with Crippen molar-refractivity contribution in [1.29, 1.82) is 0 Å². The summed E-state index contributed by atoms with van der Waals surface area (Å²) in [6, 6.07) is 5.73. The van der Waals surface area contributed by atoms with E-state index in [2.05, 4.69) is 4.72 Å².